The molecule has 2 bridgehead atoms. The molecule has 3 rings (SSSR count). The molecule has 1 fully saturated rings. The lowest BCUT2D eigenvalue weighted by Crippen LogP contribution is -2.04. The summed E-state index contributed by atoms with van der Waals surface area (Å²) in [6.45, 7) is 4.51. The fourth-order valence-electron chi connectivity index (χ4n) is 3.78. The normalized spacial score (nSPS) is 27.2. The zero-order valence-corrected chi connectivity index (χ0v) is 11.0. The fraction of sp³-hybridized carbons (Fsp3) is 0.529. The molecule has 0 N–H and O–H groups in total. The second kappa shape index (κ2) is 4.33. The lowest BCUT2D eigenvalue weighted by atomic mass is 9.84. The standard InChI is InChI=1S/C17H22/c1-12-9-13(2)17-15-6-4-3-5-14(11-15)7-8-16(17)10-12/h7-10,14-15H,3-6,11H2,1-2H3. The molecule has 0 heterocycles. The molecule has 0 spiro atoms. The second-order valence-electron chi connectivity index (χ2n) is 5.92. The Bertz CT molecular complexity index is 453. The highest BCUT2D eigenvalue weighted by atomic mass is 14.3. The predicted molar refractivity (Wildman–Crippen MR) is 74.3 cm³/mol. The third-order valence-electron chi connectivity index (χ3n) is 4.48. The van der Waals surface area contributed by atoms with Crippen LogP contribution in [0.2, 0.25) is 0 Å². The third kappa shape index (κ3) is 2.06. The van der Waals surface area contributed by atoms with Crippen molar-refractivity contribution in [2.45, 2.75) is 51.9 Å². The molecule has 0 amide bonds. The number of aryl methyl sites for hydroxylation is 2. The summed E-state index contributed by atoms with van der Waals surface area (Å²) in [5.74, 6) is 1.64. The fourth-order valence-corrected chi connectivity index (χ4v) is 3.78. The van der Waals surface area contributed by atoms with Gasteiger partial charge in [0.05, 0.1) is 0 Å². The van der Waals surface area contributed by atoms with Gasteiger partial charge in [0, 0.05) is 0 Å². The van der Waals surface area contributed by atoms with Gasteiger partial charge in [0.15, 0.2) is 0 Å². The number of hydrogen-bond acceptors (Lipinski definition) is 0. The average molecular weight is 226 g/mol. The van der Waals surface area contributed by atoms with E-state index in [1.807, 2.05) is 0 Å². The molecule has 0 aromatic heterocycles. The average Bonchev–Trinajstić information content (AvgIpc) is 2.60. The zero-order valence-electron chi connectivity index (χ0n) is 11.0. The van der Waals surface area contributed by atoms with Crippen LogP contribution in [0.25, 0.3) is 6.08 Å². The summed E-state index contributed by atoms with van der Waals surface area (Å²) in [4.78, 5) is 0. The highest BCUT2D eigenvalue weighted by Crippen LogP contribution is 2.41. The summed E-state index contributed by atoms with van der Waals surface area (Å²) in [5.41, 5.74) is 6.06. The number of hydrogen-bond donors (Lipinski definition) is 0. The van der Waals surface area contributed by atoms with Gasteiger partial charge in [0.1, 0.15) is 0 Å². The summed E-state index contributed by atoms with van der Waals surface area (Å²) >= 11 is 0. The minimum Gasteiger partial charge on any atom is -0.0808 e. The van der Waals surface area contributed by atoms with E-state index in [-0.39, 0.29) is 0 Å². The van der Waals surface area contributed by atoms with Crippen molar-refractivity contribution in [1.29, 1.82) is 0 Å². The van der Waals surface area contributed by atoms with E-state index in [0.717, 1.165) is 11.8 Å². The van der Waals surface area contributed by atoms with Crippen molar-refractivity contribution in [2.75, 3.05) is 0 Å². The molecule has 90 valence electrons. The Morgan fingerprint density at radius 2 is 1.88 bits per heavy atom. The monoisotopic (exact) mass is 226 g/mol. The summed E-state index contributed by atoms with van der Waals surface area (Å²) in [7, 11) is 0. The van der Waals surface area contributed by atoms with Crippen molar-refractivity contribution in [3.8, 4) is 0 Å². The van der Waals surface area contributed by atoms with Crippen LogP contribution in [0.3, 0.4) is 0 Å². The van der Waals surface area contributed by atoms with Crippen LogP contribution in [0.1, 0.15) is 60.3 Å². The lowest BCUT2D eigenvalue weighted by molar-refractivity contribution is 0.519. The summed E-state index contributed by atoms with van der Waals surface area (Å²) < 4.78 is 0. The van der Waals surface area contributed by atoms with Gasteiger partial charge in [-0.3, -0.25) is 0 Å². The van der Waals surface area contributed by atoms with Crippen molar-refractivity contribution in [1.82, 2.24) is 0 Å². The van der Waals surface area contributed by atoms with Gasteiger partial charge >= 0.3 is 0 Å². The van der Waals surface area contributed by atoms with Gasteiger partial charge in [-0.05, 0) is 61.6 Å². The quantitative estimate of drug-likeness (QED) is 0.584. The largest absolute Gasteiger partial charge is 0.0808 e. The molecule has 0 saturated heterocycles. The molecule has 1 aromatic carbocycles. The van der Waals surface area contributed by atoms with Crippen molar-refractivity contribution < 1.29 is 0 Å². The minimum atomic E-state index is 0.813. The molecule has 1 aromatic rings. The predicted octanol–water partition coefficient (Wildman–Crippen LogP) is 4.99. The first kappa shape index (κ1) is 11.1. The van der Waals surface area contributed by atoms with Gasteiger partial charge < -0.3 is 0 Å². The number of fused-ring (bicyclic) bond motifs is 4. The van der Waals surface area contributed by atoms with Crippen LogP contribution >= 0.6 is 0 Å². The molecule has 2 aliphatic carbocycles. The minimum absolute atomic E-state index is 0.813. The molecule has 2 aliphatic rings. The van der Waals surface area contributed by atoms with Crippen LogP contribution in [-0.2, 0) is 0 Å². The van der Waals surface area contributed by atoms with Crippen LogP contribution in [0.15, 0.2) is 18.2 Å². The van der Waals surface area contributed by atoms with Crippen LogP contribution in [-0.4, -0.2) is 0 Å². The third-order valence-corrected chi connectivity index (χ3v) is 4.48. The Labute approximate surface area is 105 Å². The van der Waals surface area contributed by atoms with Gasteiger partial charge in [-0.25, -0.2) is 0 Å². The molecule has 0 radical (unpaired) electrons. The van der Waals surface area contributed by atoms with E-state index < -0.39 is 0 Å². The Hall–Kier alpha value is -1.04. The first-order chi connectivity index (χ1) is 8.24. The summed E-state index contributed by atoms with van der Waals surface area (Å²) in [5, 5.41) is 0. The molecule has 2 atom stereocenters. The zero-order chi connectivity index (χ0) is 11.8. The van der Waals surface area contributed by atoms with Crippen molar-refractivity contribution in [3.05, 3.63) is 40.5 Å². The number of benzene rings is 1. The molecular formula is C17H22. The summed E-state index contributed by atoms with van der Waals surface area (Å²) in [6, 6.07) is 4.73. The van der Waals surface area contributed by atoms with E-state index in [1.165, 1.54) is 48.8 Å². The number of rotatable bonds is 0. The maximum absolute atomic E-state index is 2.48. The lowest BCUT2D eigenvalue weighted by Gasteiger charge is -2.20. The van der Waals surface area contributed by atoms with Crippen molar-refractivity contribution in [2.24, 2.45) is 5.92 Å². The molecule has 17 heavy (non-hydrogen) atoms. The topological polar surface area (TPSA) is 0 Å². The Morgan fingerprint density at radius 1 is 1.06 bits per heavy atom. The van der Waals surface area contributed by atoms with E-state index in [1.54, 1.807) is 5.56 Å². The Balaban J connectivity index is 2.12. The van der Waals surface area contributed by atoms with E-state index in [4.69, 9.17) is 0 Å². The molecule has 0 heteroatoms. The molecule has 0 nitrogen and oxygen atoms in total. The van der Waals surface area contributed by atoms with Gasteiger partial charge in [-0.1, -0.05) is 42.7 Å². The van der Waals surface area contributed by atoms with Crippen molar-refractivity contribution in [3.63, 3.8) is 0 Å². The van der Waals surface area contributed by atoms with Gasteiger partial charge in [-0.15, -0.1) is 0 Å². The van der Waals surface area contributed by atoms with E-state index in [2.05, 4.69) is 38.1 Å². The Kier molecular flexibility index (Phi) is 2.82. The highest BCUT2D eigenvalue weighted by molar-refractivity contribution is 5.60. The van der Waals surface area contributed by atoms with Gasteiger partial charge in [0.2, 0.25) is 0 Å². The SMILES string of the molecule is Cc1cc(C)c2c(c1)C=CC1CCCCC2C1. The molecule has 1 saturated carbocycles. The molecular weight excluding hydrogens is 204 g/mol. The number of allylic oxidation sites excluding steroid dienone is 1. The molecule has 0 aliphatic heterocycles. The first-order valence-corrected chi connectivity index (χ1v) is 7.03. The van der Waals surface area contributed by atoms with Crippen molar-refractivity contribution >= 4 is 6.08 Å². The Morgan fingerprint density at radius 3 is 2.76 bits per heavy atom. The van der Waals surface area contributed by atoms with Gasteiger partial charge in [0.25, 0.3) is 0 Å². The maximum atomic E-state index is 2.48. The van der Waals surface area contributed by atoms with Crippen LogP contribution in [0.5, 0.6) is 0 Å². The maximum Gasteiger partial charge on any atom is -0.0148 e. The smallest absolute Gasteiger partial charge is 0.0148 e. The van der Waals surface area contributed by atoms with E-state index >= 15 is 0 Å². The van der Waals surface area contributed by atoms with Crippen LogP contribution in [0.4, 0.5) is 0 Å². The van der Waals surface area contributed by atoms with Crippen LogP contribution < -0.4 is 0 Å². The van der Waals surface area contributed by atoms with E-state index in [9.17, 15) is 0 Å². The molecule has 2 unspecified atom stereocenters. The highest BCUT2D eigenvalue weighted by Gasteiger charge is 2.25. The van der Waals surface area contributed by atoms with Crippen LogP contribution in [0, 0.1) is 19.8 Å². The van der Waals surface area contributed by atoms with Gasteiger partial charge in [-0.2, -0.15) is 0 Å². The van der Waals surface area contributed by atoms with E-state index in [0.29, 0.717) is 0 Å². The second-order valence-corrected chi connectivity index (χ2v) is 5.92. The summed E-state index contributed by atoms with van der Waals surface area (Å²) in [6.07, 6.45) is 11.9. The first-order valence-electron chi connectivity index (χ1n) is 7.03.